The van der Waals surface area contributed by atoms with Crippen LogP contribution in [0.1, 0.15) is 30.0 Å². The van der Waals surface area contributed by atoms with E-state index in [0.29, 0.717) is 16.3 Å². The fourth-order valence-corrected chi connectivity index (χ4v) is 4.62. The normalized spacial score (nSPS) is 12.6. The third-order valence-corrected chi connectivity index (χ3v) is 6.17. The number of aryl methyl sites for hydroxylation is 1. The minimum absolute atomic E-state index is 0.213. The van der Waals surface area contributed by atoms with Crippen molar-refractivity contribution in [3.63, 3.8) is 0 Å². The highest BCUT2D eigenvalue weighted by Gasteiger charge is 2.31. The summed E-state index contributed by atoms with van der Waals surface area (Å²) >= 11 is 1.41. The Kier molecular flexibility index (Phi) is 4.10. The molecule has 2 aromatic rings. The molecule has 0 unspecified atom stereocenters. The van der Waals surface area contributed by atoms with E-state index in [1.807, 2.05) is 12.3 Å². The van der Waals surface area contributed by atoms with Gasteiger partial charge in [0.25, 0.3) is 0 Å². The molecule has 7 heteroatoms. The van der Waals surface area contributed by atoms with E-state index in [4.69, 9.17) is 5.73 Å². The molecule has 1 aromatic carbocycles. The first-order valence-corrected chi connectivity index (χ1v) is 8.80. The highest BCUT2D eigenvalue weighted by molar-refractivity contribution is 7.89. The zero-order valence-corrected chi connectivity index (χ0v) is 14.1. The molecule has 0 spiro atoms. The van der Waals surface area contributed by atoms with Gasteiger partial charge in [0.2, 0.25) is 10.0 Å². The number of sulfonamides is 1. The second-order valence-corrected chi connectivity index (χ2v) is 8.07. The summed E-state index contributed by atoms with van der Waals surface area (Å²) < 4.78 is 28.1. The van der Waals surface area contributed by atoms with Gasteiger partial charge in [-0.15, -0.1) is 11.3 Å². The van der Waals surface area contributed by atoms with Gasteiger partial charge in [0.15, 0.2) is 0 Å². The third kappa shape index (κ3) is 3.25. The Bertz CT molecular complexity index is 751. The lowest BCUT2D eigenvalue weighted by Gasteiger charge is -2.24. The predicted molar refractivity (Wildman–Crippen MR) is 85.8 cm³/mol. The van der Waals surface area contributed by atoms with E-state index in [1.54, 1.807) is 33.0 Å². The fourth-order valence-electron chi connectivity index (χ4n) is 2.10. The van der Waals surface area contributed by atoms with Gasteiger partial charge >= 0.3 is 0 Å². The molecule has 0 fully saturated rings. The molecule has 0 aliphatic heterocycles. The summed E-state index contributed by atoms with van der Waals surface area (Å²) in [6.07, 6.45) is 1.66. The Labute approximate surface area is 129 Å². The van der Waals surface area contributed by atoms with Crippen molar-refractivity contribution in [3.05, 3.63) is 39.8 Å². The van der Waals surface area contributed by atoms with Crippen molar-refractivity contribution in [1.29, 1.82) is 0 Å². The molecule has 0 atom stereocenters. The molecular weight excluding hydrogens is 306 g/mol. The quantitative estimate of drug-likeness (QED) is 0.846. The van der Waals surface area contributed by atoms with Crippen molar-refractivity contribution < 1.29 is 8.42 Å². The summed E-state index contributed by atoms with van der Waals surface area (Å²) in [5, 5.41) is 2.53. The van der Waals surface area contributed by atoms with Crippen LogP contribution in [0.3, 0.4) is 0 Å². The number of nitrogens with two attached hydrogens (primary N) is 1. The Morgan fingerprint density at radius 3 is 2.52 bits per heavy atom. The number of nitrogens with one attached hydrogen (secondary N) is 1. The molecule has 0 aliphatic carbocycles. The standard InChI is InChI=1S/C14H19N3O2S2/c1-9-7-11(15)8-12(10(9)2)21(18,19)17-14(3,4)13-16-5-6-20-13/h5-8,17H,15H2,1-4H3. The van der Waals surface area contributed by atoms with Gasteiger partial charge in [-0.3, -0.25) is 0 Å². The average molecular weight is 325 g/mol. The topological polar surface area (TPSA) is 85.1 Å². The molecule has 0 bridgehead atoms. The number of hydrogen-bond acceptors (Lipinski definition) is 5. The van der Waals surface area contributed by atoms with Gasteiger partial charge in [0.05, 0.1) is 10.4 Å². The molecule has 5 nitrogen and oxygen atoms in total. The SMILES string of the molecule is Cc1cc(N)cc(S(=O)(=O)NC(C)(C)c2nccs2)c1C. The van der Waals surface area contributed by atoms with Crippen LogP contribution >= 0.6 is 11.3 Å². The van der Waals surface area contributed by atoms with Crippen LogP contribution in [-0.2, 0) is 15.6 Å². The lowest BCUT2D eigenvalue weighted by atomic mass is 10.1. The number of rotatable bonds is 4. The summed E-state index contributed by atoms with van der Waals surface area (Å²) in [6, 6.07) is 3.25. The van der Waals surface area contributed by atoms with Crippen molar-refractivity contribution in [2.24, 2.45) is 0 Å². The molecule has 1 heterocycles. The lowest BCUT2D eigenvalue weighted by molar-refractivity contribution is 0.469. The third-order valence-electron chi connectivity index (χ3n) is 3.29. The minimum Gasteiger partial charge on any atom is -0.399 e. The smallest absolute Gasteiger partial charge is 0.241 e. The zero-order valence-electron chi connectivity index (χ0n) is 12.5. The van der Waals surface area contributed by atoms with Gasteiger partial charge in [-0.2, -0.15) is 4.72 Å². The number of hydrogen-bond donors (Lipinski definition) is 2. The van der Waals surface area contributed by atoms with Crippen LogP contribution in [-0.4, -0.2) is 13.4 Å². The van der Waals surface area contributed by atoms with Crippen LogP contribution in [0.5, 0.6) is 0 Å². The molecular formula is C14H19N3O2S2. The summed E-state index contributed by atoms with van der Waals surface area (Å²) in [5.41, 5.74) is 6.99. The van der Waals surface area contributed by atoms with Crippen LogP contribution in [0.2, 0.25) is 0 Å². The first kappa shape index (κ1) is 15.9. The molecule has 21 heavy (non-hydrogen) atoms. The van der Waals surface area contributed by atoms with Gasteiger partial charge in [-0.05, 0) is 51.0 Å². The van der Waals surface area contributed by atoms with Gasteiger partial charge in [-0.1, -0.05) is 0 Å². The summed E-state index contributed by atoms with van der Waals surface area (Å²) in [7, 11) is -3.68. The van der Waals surface area contributed by atoms with Gasteiger partial charge < -0.3 is 5.73 Å². The lowest BCUT2D eigenvalue weighted by Crippen LogP contribution is -2.41. The van der Waals surface area contributed by atoms with Crippen LogP contribution in [0.15, 0.2) is 28.6 Å². The van der Waals surface area contributed by atoms with Gasteiger partial charge in [0, 0.05) is 17.3 Å². The van der Waals surface area contributed by atoms with Crippen molar-refractivity contribution in [1.82, 2.24) is 9.71 Å². The molecule has 2 rings (SSSR count). The van der Waals surface area contributed by atoms with Crippen LogP contribution < -0.4 is 10.5 Å². The molecule has 0 amide bonds. The van der Waals surface area contributed by atoms with E-state index in [1.165, 1.54) is 17.4 Å². The summed E-state index contributed by atoms with van der Waals surface area (Å²) in [5.74, 6) is 0. The Morgan fingerprint density at radius 1 is 1.29 bits per heavy atom. The molecule has 1 aromatic heterocycles. The number of nitrogens with zero attached hydrogens (tertiary/aromatic N) is 1. The number of anilines is 1. The monoisotopic (exact) mass is 325 g/mol. The van der Waals surface area contributed by atoms with Crippen molar-refractivity contribution in [2.75, 3.05) is 5.73 Å². The second-order valence-electron chi connectivity index (χ2n) is 5.53. The minimum atomic E-state index is -3.68. The van der Waals surface area contributed by atoms with E-state index < -0.39 is 15.6 Å². The molecule has 114 valence electrons. The first-order valence-electron chi connectivity index (χ1n) is 6.44. The second kappa shape index (κ2) is 5.40. The Hall–Kier alpha value is -1.44. The highest BCUT2D eigenvalue weighted by atomic mass is 32.2. The van der Waals surface area contributed by atoms with Crippen LogP contribution in [0.25, 0.3) is 0 Å². The van der Waals surface area contributed by atoms with E-state index in [0.717, 1.165) is 5.56 Å². The number of aromatic nitrogens is 1. The number of thiazole rings is 1. The predicted octanol–water partition coefficient (Wildman–Crippen LogP) is 2.56. The maximum absolute atomic E-state index is 12.7. The van der Waals surface area contributed by atoms with Gasteiger partial charge in [-0.25, -0.2) is 13.4 Å². The number of nitrogen functional groups attached to an aromatic ring is 1. The van der Waals surface area contributed by atoms with E-state index in [-0.39, 0.29) is 4.90 Å². The Morgan fingerprint density at radius 2 is 1.95 bits per heavy atom. The maximum atomic E-state index is 12.7. The fraction of sp³-hybridized carbons (Fsp3) is 0.357. The average Bonchev–Trinajstić information content (AvgIpc) is 2.86. The molecule has 0 saturated carbocycles. The molecule has 0 saturated heterocycles. The van der Waals surface area contributed by atoms with E-state index >= 15 is 0 Å². The maximum Gasteiger partial charge on any atom is 0.241 e. The molecule has 0 aliphatic rings. The van der Waals surface area contributed by atoms with Crippen LogP contribution in [0, 0.1) is 13.8 Å². The summed E-state index contributed by atoms with van der Waals surface area (Å²) in [4.78, 5) is 4.40. The van der Waals surface area contributed by atoms with Gasteiger partial charge in [0.1, 0.15) is 5.01 Å². The van der Waals surface area contributed by atoms with Crippen molar-refractivity contribution in [3.8, 4) is 0 Å². The van der Waals surface area contributed by atoms with E-state index in [9.17, 15) is 8.42 Å². The summed E-state index contributed by atoms with van der Waals surface area (Å²) in [6.45, 7) is 7.20. The molecule has 0 radical (unpaired) electrons. The number of benzene rings is 1. The van der Waals surface area contributed by atoms with Crippen molar-refractivity contribution in [2.45, 2.75) is 38.1 Å². The van der Waals surface area contributed by atoms with E-state index in [2.05, 4.69) is 9.71 Å². The van der Waals surface area contributed by atoms with Crippen LogP contribution in [0.4, 0.5) is 5.69 Å². The largest absolute Gasteiger partial charge is 0.399 e. The highest BCUT2D eigenvalue weighted by Crippen LogP contribution is 2.27. The zero-order chi connectivity index (χ0) is 15.8. The molecule has 3 N–H and O–H groups in total. The first-order chi connectivity index (χ1) is 9.63. The Balaban J connectivity index is 2.44. The van der Waals surface area contributed by atoms with Crippen molar-refractivity contribution >= 4 is 27.0 Å².